The molecule has 17 heavy (non-hydrogen) atoms. The summed E-state index contributed by atoms with van der Waals surface area (Å²) in [6.07, 6.45) is 2.41. The van der Waals surface area contributed by atoms with Gasteiger partial charge in [0.25, 0.3) is 0 Å². The van der Waals surface area contributed by atoms with Gasteiger partial charge in [-0.15, -0.1) is 12.4 Å². The Bertz CT molecular complexity index is 252. The Morgan fingerprint density at radius 2 is 1.94 bits per heavy atom. The van der Waals surface area contributed by atoms with Crippen molar-refractivity contribution >= 4 is 30.1 Å². The molecule has 0 spiro atoms. The number of carbonyl (C=O) groups is 1. The van der Waals surface area contributed by atoms with Crippen LogP contribution in [0.4, 0.5) is 0 Å². The third kappa shape index (κ3) is 3.74. The van der Waals surface area contributed by atoms with E-state index in [1.165, 1.54) is 0 Å². The Labute approximate surface area is 113 Å². The Morgan fingerprint density at radius 3 is 2.65 bits per heavy atom. The van der Waals surface area contributed by atoms with E-state index in [0.29, 0.717) is 26.1 Å². The maximum atomic E-state index is 12.4. The minimum absolute atomic E-state index is 0. The van der Waals surface area contributed by atoms with E-state index in [1.807, 2.05) is 16.7 Å². The van der Waals surface area contributed by atoms with Crippen molar-refractivity contribution in [2.24, 2.45) is 5.73 Å². The molecule has 0 unspecified atom stereocenters. The zero-order valence-corrected chi connectivity index (χ0v) is 11.7. The van der Waals surface area contributed by atoms with Crippen molar-refractivity contribution < 1.29 is 9.53 Å². The average molecular weight is 281 g/mol. The Morgan fingerprint density at radius 1 is 1.24 bits per heavy atom. The minimum atomic E-state index is -0.659. The minimum Gasteiger partial charge on any atom is -0.381 e. The fourth-order valence-corrected chi connectivity index (χ4v) is 3.10. The quantitative estimate of drug-likeness (QED) is 0.775. The average Bonchev–Trinajstić information content (AvgIpc) is 2.57. The Kier molecular flexibility index (Phi) is 6.06. The fourth-order valence-electron chi connectivity index (χ4n) is 2.21. The van der Waals surface area contributed by atoms with Crippen molar-refractivity contribution in [3.63, 3.8) is 0 Å². The Hall–Kier alpha value is 0.0300. The standard InChI is InChI=1S/C11H20N2O2S.ClH/c12-11(2-6-15-7-3-11)10(14)13-4-1-8-16-9-5-13;/h1-9,12H2;1H. The number of nitrogens with two attached hydrogens (primary N) is 1. The van der Waals surface area contributed by atoms with E-state index in [0.717, 1.165) is 31.0 Å². The van der Waals surface area contributed by atoms with Crippen LogP contribution in [0.1, 0.15) is 19.3 Å². The lowest BCUT2D eigenvalue weighted by atomic mass is 9.89. The highest BCUT2D eigenvalue weighted by atomic mass is 35.5. The summed E-state index contributed by atoms with van der Waals surface area (Å²) >= 11 is 1.92. The second-order valence-electron chi connectivity index (χ2n) is 4.53. The lowest BCUT2D eigenvalue weighted by Gasteiger charge is -2.36. The number of hydrogen-bond acceptors (Lipinski definition) is 4. The number of carbonyl (C=O) groups excluding carboxylic acids is 1. The molecule has 0 aromatic rings. The highest BCUT2D eigenvalue weighted by Crippen LogP contribution is 2.22. The number of hydrogen-bond donors (Lipinski definition) is 1. The zero-order chi connectivity index (χ0) is 11.4. The van der Waals surface area contributed by atoms with E-state index in [9.17, 15) is 4.79 Å². The van der Waals surface area contributed by atoms with Gasteiger partial charge in [0.2, 0.25) is 5.91 Å². The molecule has 2 saturated heterocycles. The largest absolute Gasteiger partial charge is 0.381 e. The molecule has 6 heteroatoms. The highest BCUT2D eigenvalue weighted by molar-refractivity contribution is 7.99. The lowest BCUT2D eigenvalue weighted by Crippen LogP contribution is -2.58. The highest BCUT2D eigenvalue weighted by Gasteiger charge is 2.38. The fraction of sp³-hybridized carbons (Fsp3) is 0.909. The van der Waals surface area contributed by atoms with Crippen LogP contribution in [0.15, 0.2) is 0 Å². The monoisotopic (exact) mass is 280 g/mol. The summed E-state index contributed by atoms with van der Waals surface area (Å²) in [5.41, 5.74) is 5.55. The molecular formula is C11H21ClN2O2S. The molecule has 4 nitrogen and oxygen atoms in total. The first-order valence-corrected chi connectivity index (χ1v) is 7.12. The molecule has 0 saturated carbocycles. The van der Waals surface area contributed by atoms with Crippen LogP contribution in [-0.2, 0) is 9.53 Å². The van der Waals surface area contributed by atoms with E-state index < -0.39 is 5.54 Å². The molecule has 2 heterocycles. The summed E-state index contributed by atoms with van der Waals surface area (Å²) in [6, 6.07) is 0. The van der Waals surface area contributed by atoms with Crippen LogP contribution in [0.25, 0.3) is 0 Å². The third-order valence-corrected chi connectivity index (χ3v) is 4.37. The maximum Gasteiger partial charge on any atom is 0.242 e. The van der Waals surface area contributed by atoms with Gasteiger partial charge >= 0.3 is 0 Å². The topological polar surface area (TPSA) is 55.6 Å². The van der Waals surface area contributed by atoms with Crippen LogP contribution in [0.3, 0.4) is 0 Å². The second-order valence-corrected chi connectivity index (χ2v) is 5.75. The van der Waals surface area contributed by atoms with Crippen molar-refractivity contribution in [2.45, 2.75) is 24.8 Å². The van der Waals surface area contributed by atoms with Crippen molar-refractivity contribution in [1.29, 1.82) is 0 Å². The second kappa shape index (κ2) is 6.83. The SMILES string of the molecule is Cl.NC1(C(=O)N2CCCSCC2)CCOCC1. The summed E-state index contributed by atoms with van der Waals surface area (Å²) in [5.74, 6) is 2.33. The van der Waals surface area contributed by atoms with Gasteiger partial charge in [-0.05, 0) is 25.0 Å². The van der Waals surface area contributed by atoms with Gasteiger partial charge < -0.3 is 15.4 Å². The third-order valence-electron chi connectivity index (χ3n) is 3.32. The Balaban J connectivity index is 0.00000144. The van der Waals surface area contributed by atoms with Gasteiger partial charge in [-0.2, -0.15) is 11.8 Å². The smallest absolute Gasteiger partial charge is 0.242 e. The van der Waals surface area contributed by atoms with E-state index >= 15 is 0 Å². The molecule has 0 aromatic carbocycles. The van der Waals surface area contributed by atoms with Crippen LogP contribution < -0.4 is 5.73 Å². The first-order valence-electron chi connectivity index (χ1n) is 5.96. The lowest BCUT2D eigenvalue weighted by molar-refractivity contribution is -0.140. The summed E-state index contributed by atoms with van der Waals surface area (Å²) in [7, 11) is 0. The maximum absolute atomic E-state index is 12.4. The molecule has 2 N–H and O–H groups in total. The van der Waals surface area contributed by atoms with Crippen molar-refractivity contribution in [3.05, 3.63) is 0 Å². The number of halogens is 1. The molecule has 2 aliphatic heterocycles. The molecular weight excluding hydrogens is 260 g/mol. The number of amides is 1. The number of nitrogens with zero attached hydrogens (tertiary/aromatic N) is 1. The van der Waals surface area contributed by atoms with Crippen molar-refractivity contribution in [3.8, 4) is 0 Å². The normalized spacial score (nSPS) is 24.6. The van der Waals surface area contributed by atoms with E-state index in [2.05, 4.69) is 0 Å². The van der Waals surface area contributed by atoms with Crippen LogP contribution >= 0.6 is 24.2 Å². The van der Waals surface area contributed by atoms with Crippen LogP contribution in [0.5, 0.6) is 0 Å². The van der Waals surface area contributed by atoms with Crippen LogP contribution in [0.2, 0.25) is 0 Å². The molecule has 1 amide bonds. The summed E-state index contributed by atoms with van der Waals surface area (Å²) < 4.78 is 5.27. The van der Waals surface area contributed by atoms with Crippen molar-refractivity contribution in [2.75, 3.05) is 37.8 Å². The van der Waals surface area contributed by atoms with E-state index in [-0.39, 0.29) is 18.3 Å². The number of thioether (sulfide) groups is 1. The summed E-state index contributed by atoms with van der Waals surface area (Å²) in [5, 5.41) is 0. The van der Waals surface area contributed by atoms with Gasteiger partial charge in [-0.1, -0.05) is 0 Å². The molecule has 0 atom stereocenters. The molecule has 0 aliphatic carbocycles. The summed E-state index contributed by atoms with van der Waals surface area (Å²) in [6.45, 7) is 2.95. The molecule has 0 aromatic heterocycles. The van der Waals surface area contributed by atoms with Crippen LogP contribution in [0, 0.1) is 0 Å². The molecule has 2 fully saturated rings. The van der Waals surface area contributed by atoms with Gasteiger partial charge in [-0.25, -0.2) is 0 Å². The molecule has 2 rings (SSSR count). The zero-order valence-electron chi connectivity index (χ0n) is 10.0. The van der Waals surface area contributed by atoms with Gasteiger partial charge in [0, 0.05) is 32.1 Å². The van der Waals surface area contributed by atoms with Gasteiger partial charge in [-0.3, -0.25) is 4.79 Å². The first-order chi connectivity index (χ1) is 7.72. The predicted octanol–water partition coefficient (Wildman–Crippen LogP) is 0.882. The molecule has 100 valence electrons. The van der Waals surface area contributed by atoms with Gasteiger partial charge in [0.05, 0.1) is 5.54 Å². The van der Waals surface area contributed by atoms with E-state index in [1.54, 1.807) is 0 Å². The molecule has 0 bridgehead atoms. The van der Waals surface area contributed by atoms with Crippen molar-refractivity contribution in [1.82, 2.24) is 4.90 Å². The number of rotatable bonds is 1. The first kappa shape index (κ1) is 15.1. The molecule has 0 radical (unpaired) electrons. The van der Waals surface area contributed by atoms with Gasteiger partial charge in [0.1, 0.15) is 0 Å². The van der Waals surface area contributed by atoms with Gasteiger partial charge in [0.15, 0.2) is 0 Å². The van der Waals surface area contributed by atoms with Crippen LogP contribution in [-0.4, -0.2) is 54.2 Å². The van der Waals surface area contributed by atoms with E-state index in [4.69, 9.17) is 10.5 Å². The molecule has 2 aliphatic rings. The predicted molar refractivity (Wildman–Crippen MR) is 72.7 cm³/mol. The number of ether oxygens (including phenoxy) is 1. The summed E-state index contributed by atoms with van der Waals surface area (Å²) in [4.78, 5) is 14.3.